The van der Waals surface area contributed by atoms with Crippen LogP contribution in [0, 0.1) is 0 Å². The van der Waals surface area contributed by atoms with Crippen molar-refractivity contribution in [2.24, 2.45) is 0 Å². The van der Waals surface area contributed by atoms with Crippen LogP contribution in [0.3, 0.4) is 0 Å². The smallest absolute Gasteiger partial charge is 0.224 e. The molecule has 0 atom stereocenters. The van der Waals surface area contributed by atoms with E-state index in [0.29, 0.717) is 13.0 Å². The normalized spacial score (nSPS) is 10.6. The van der Waals surface area contributed by atoms with E-state index < -0.39 is 0 Å². The van der Waals surface area contributed by atoms with Gasteiger partial charge >= 0.3 is 0 Å². The lowest BCUT2D eigenvalue weighted by atomic mass is 10.0. The lowest BCUT2D eigenvalue weighted by Crippen LogP contribution is -2.24. The molecule has 0 saturated carbocycles. The molecule has 3 rings (SSSR count). The fraction of sp³-hybridized carbons (Fsp3) is 0.118. The molecule has 0 aliphatic heterocycles. The first kappa shape index (κ1) is 12.9. The van der Waals surface area contributed by atoms with Gasteiger partial charge in [0, 0.05) is 4.88 Å². The lowest BCUT2D eigenvalue weighted by molar-refractivity contribution is -0.120. The summed E-state index contributed by atoms with van der Waals surface area (Å²) in [5, 5.41) is 7.35. The average Bonchev–Trinajstić information content (AvgIpc) is 2.98. The molecule has 1 heterocycles. The molecule has 1 amide bonds. The molecule has 20 heavy (non-hydrogen) atoms. The topological polar surface area (TPSA) is 29.1 Å². The fourth-order valence-electron chi connectivity index (χ4n) is 2.20. The second-order valence-electron chi connectivity index (χ2n) is 4.71. The van der Waals surface area contributed by atoms with Gasteiger partial charge in [0.05, 0.1) is 13.0 Å². The lowest BCUT2D eigenvalue weighted by Gasteiger charge is -2.05. The predicted molar refractivity (Wildman–Crippen MR) is 83.8 cm³/mol. The molecule has 2 aromatic carbocycles. The first-order valence-electron chi connectivity index (χ1n) is 6.58. The molecule has 1 aromatic heterocycles. The summed E-state index contributed by atoms with van der Waals surface area (Å²) in [4.78, 5) is 13.1. The number of carbonyl (C=O) groups is 1. The third-order valence-corrected chi connectivity index (χ3v) is 4.09. The Morgan fingerprint density at radius 3 is 2.65 bits per heavy atom. The van der Waals surface area contributed by atoms with E-state index in [9.17, 15) is 4.79 Å². The molecule has 0 fully saturated rings. The zero-order valence-corrected chi connectivity index (χ0v) is 11.8. The summed E-state index contributed by atoms with van der Waals surface area (Å²) >= 11 is 1.66. The van der Waals surface area contributed by atoms with E-state index >= 15 is 0 Å². The second-order valence-corrected chi connectivity index (χ2v) is 5.75. The van der Waals surface area contributed by atoms with Gasteiger partial charge in [-0.3, -0.25) is 4.79 Å². The van der Waals surface area contributed by atoms with Crippen molar-refractivity contribution in [3.63, 3.8) is 0 Å². The average molecular weight is 281 g/mol. The summed E-state index contributed by atoms with van der Waals surface area (Å²) in [6.45, 7) is 0.615. The number of nitrogens with one attached hydrogen (secondary N) is 1. The maximum atomic E-state index is 11.9. The summed E-state index contributed by atoms with van der Waals surface area (Å²) in [6.07, 6.45) is 0.427. The molecule has 0 spiro atoms. The summed E-state index contributed by atoms with van der Waals surface area (Å²) in [6, 6.07) is 18.4. The van der Waals surface area contributed by atoms with Gasteiger partial charge in [-0.05, 0) is 27.8 Å². The zero-order valence-electron chi connectivity index (χ0n) is 11.0. The number of thiophene rings is 1. The van der Waals surface area contributed by atoms with Gasteiger partial charge in [0.15, 0.2) is 0 Å². The molecule has 0 bridgehead atoms. The summed E-state index contributed by atoms with van der Waals surface area (Å²) in [5.74, 6) is 0.0636. The molecular weight excluding hydrogens is 266 g/mol. The Labute approximate surface area is 122 Å². The van der Waals surface area contributed by atoms with E-state index in [1.807, 2.05) is 35.7 Å². The molecule has 0 unspecified atom stereocenters. The van der Waals surface area contributed by atoms with Gasteiger partial charge in [0.25, 0.3) is 0 Å². The highest BCUT2D eigenvalue weighted by Crippen LogP contribution is 2.16. The molecule has 100 valence electrons. The Bertz CT molecular complexity index is 719. The van der Waals surface area contributed by atoms with Crippen LogP contribution in [0.15, 0.2) is 60.0 Å². The van der Waals surface area contributed by atoms with Crippen molar-refractivity contribution >= 4 is 28.0 Å². The van der Waals surface area contributed by atoms with Crippen molar-refractivity contribution < 1.29 is 4.79 Å². The maximum absolute atomic E-state index is 11.9. The largest absolute Gasteiger partial charge is 0.351 e. The van der Waals surface area contributed by atoms with Crippen LogP contribution >= 0.6 is 11.3 Å². The van der Waals surface area contributed by atoms with Crippen LogP contribution in [0.5, 0.6) is 0 Å². The summed E-state index contributed by atoms with van der Waals surface area (Å²) in [7, 11) is 0. The fourth-order valence-corrected chi connectivity index (χ4v) is 2.84. The van der Waals surface area contributed by atoms with E-state index in [4.69, 9.17) is 0 Å². The molecule has 1 N–H and O–H groups in total. The third-order valence-electron chi connectivity index (χ3n) is 3.22. The SMILES string of the molecule is O=C(Cc1ccc2ccccc2c1)NCc1cccs1. The molecule has 0 saturated heterocycles. The van der Waals surface area contributed by atoms with E-state index in [1.165, 1.54) is 15.6 Å². The molecular formula is C17H15NOS. The van der Waals surface area contributed by atoms with Crippen molar-refractivity contribution in [1.82, 2.24) is 5.32 Å². The first-order chi connectivity index (χ1) is 9.81. The number of rotatable bonds is 4. The van der Waals surface area contributed by atoms with Crippen LogP contribution in [0.25, 0.3) is 10.8 Å². The second kappa shape index (κ2) is 5.88. The minimum Gasteiger partial charge on any atom is -0.351 e. The van der Waals surface area contributed by atoms with Crippen LogP contribution in [0.4, 0.5) is 0 Å². The number of benzene rings is 2. The van der Waals surface area contributed by atoms with Crippen LogP contribution < -0.4 is 5.32 Å². The van der Waals surface area contributed by atoms with Crippen molar-refractivity contribution in [3.05, 3.63) is 70.4 Å². The van der Waals surface area contributed by atoms with Crippen LogP contribution in [0.2, 0.25) is 0 Å². The highest BCUT2D eigenvalue weighted by Gasteiger charge is 2.04. The molecule has 0 aliphatic rings. The minimum atomic E-state index is 0.0636. The van der Waals surface area contributed by atoms with Crippen LogP contribution in [-0.4, -0.2) is 5.91 Å². The number of fused-ring (bicyclic) bond motifs is 1. The monoisotopic (exact) mass is 281 g/mol. The molecule has 2 nitrogen and oxygen atoms in total. The molecule has 0 aliphatic carbocycles. The van der Waals surface area contributed by atoms with Gasteiger partial charge in [0.1, 0.15) is 0 Å². The Morgan fingerprint density at radius 1 is 1.00 bits per heavy atom. The van der Waals surface area contributed by atoms with Crippen LogP contribution in [0.1, 0.15) is 10.4 Å². The van der Waals surface area contributed by atoms with E-state index in [-0.39, 0.29) is 5.91 Å². The third kappa shape index (κ3) is 3.06. The maximum Gasteiger partial charge on any atom is 0.224 e. The van der Waals surface area contributed by atoms with Gasteiger partial charge in [-0.1, -0.05) is 48.5 Å². The molecule has 3 aromatic rings. The Balaban J connectivity index is 1.65. The van der Waals surface area contributed by atoms with Gasteiger partial charge < -0.3 is 5.32 Å². The first-order valence-corrected chi connectivity index (χ1v) is 7.46. The zero-order chi connectivity index (χ0) is 13.8. The van der Waals surface area contributed by atoms with E-state index in [0.717, 1.165) is 5.56 Å². The number of carbonyl (C=O) groups excluding carboxylic acids is 1. The Hall–Kier alpha value is -2.13. The van der Waals surface area contributed by atoms with E-state index in [1.54, 1.807) is 11.3 Å². The number of amides is 1. The quantitative estimate of drug-likeness (QED) is 0.775. The summed E-state index contributed by atoms with van der Waals surface area (Å²) in [5.41, 5.74) is 1.05. The highest BCUT2D eigenvalue weighted by molar-refractivity contribution is 7.09. The van der Waals surface area contributed by atoms with Crippen molar-refractivity contribution in [3.8, 4) is 0 Å². The Kier molecular flexibility index (Phi) is 3.79. The predicted octanol–water partition coefficient (Wildman–Crippen LogP) is 3.76. The minimum absolute atomic E-state index is 0.0636. The molecule has 3 heteroatoms. The van der Waals surface area contributed by atoms with Gasteiger partial charge in [-0.2, -0.15) is 0 Å². The van der Waals surface area contributed by atoms with Gasteiger partial charge in [0.2, 0.25) is 5.91 Å². The Morgan fingerprint density at radius 2 is 1.85 bits per heavy atom. The van der Waals surface area contributed by atoms with E-state index in [2.05, 4.69) is 29.6 Å². The number of hydrogen-bond donors (Lipinski definition) is 1. The number of hydrogen-bond acceptors (Lipinski definition) is 2. The van der Waals surface area contributed by atoms with Crippen molar-refractivity contribution in [2.45, 2.75) is 13.0 Å². The van der Waals surface area contributed by atoms with Gasteiger partial charge in [-0.15, -0.1) is 11.3 Å². The van der Waals surface area contributed by atoms with Crippen LogP contribution in [-0.2, 0) is 17.8 Å². The molecule has 0 radical (unpaired) electrons. The van der Waals surface area contributed by atoms with Gasteiger partial charge in [-0.25, -0.2) is 0 Å². The standard InChI is InChI=1S/C17H15NOS/c19-17(18-12-16-6-3-9-20-16)11-13-7-8-14-4-1-2-5-15(14)10-13/h1-10H,11-12H2,(H,18,19). The highest BCUT2D eigenvalue weighted by atomic mass is 32.1. The van der Waals surface area contributed by atoms with Crippen molar-refractivity contribution in [1.29, 1.82) is 0 Å². The summed E-state index contributed by atoms with van der Waals surface area (Å²) < 4.78 is 0. The van der Waals surface area contributed by atoms with Crippen molar-refractivity contribution in [2.75, 3.05) is 0 Å².